The van der Waals surface area contributed by atoms with Gasteiger partial charge >= 0.3 is 5.97 Å². The Morgan fingerprint density at radius 3 is 2.88 bits per heavy atom. The van der Waals surface area contributed by atoms with Gasteiger partial charge in [-0.05, 0) is 19.1 Å². The summed E-state index contributed by atoms with van der Waals surface area (Å²) >= 11 is 0. The van der Waals surface area contributed by atoms with E-state index in [0.29, 0.717) is 0 Å². The van der Waals surface area contributed by atoms with E-state index in [-0.39, 0.29) is 23.6 Å². The lowest BCUT2D eigenvalue weighted by molar-refractivity contribution is -0.385. The lowest BCUT2D eigenvalue weighted by Gasteiger charge is -2.00. The molecule has 6 nitrogen and oxygen atoms in total. The van der Waals surface area contributed by atoms with Gasteiger partial charge in [0.25, 0.3) is 5.69 Å². The number of nitro groups is 1. The molecule has 17 heavy (non-hydrogen) atoms. The fourth-order valence-corrected chi connectivity index (χ4v) is 1.21. The van der Waals surface area contributed by atoms with Gasteiger partial charge in [-0.2, -0.15) is 0 Å². The molecule has 0 radical (unpaired) electrons. The molecule has 0 fully saturated rings. The van der Waals surface area contributed by atoms with Gasteiger partial charge in [-0.15, -0.1) is 0 Å². The molecule has 6 heteroatoms. The van der Waals surface area contributed by atoms with Crippen LogP contribution in [0.5, 0.6) is 5.75 Å². The molecule has 0 heterocycles. The van der Waals surface area contributed by atoms with Crippen molar-refractivity contribution in [2.24, 2.45) is 0 Å². The number of aromatic hydroxyl groups is 1. The second-order valence-corrected chi connectivity index (χ2v) is 3.05. The number of phenolic OH excluding ortho intramolecular Hbond substituents is 1. The highest BCUT2D eigenvalue weighted by molar-refractivity contribution is 5.88. The topological polar surface area (TPSA) is 89.7 Å². The quantitative estimate of drug-likeness (QED) is 0.373. The van der Waals surface area contributed by atoms with Crippen molar-refractivity contribution in [3.8, 4) is 5.75 Å². The van der Waals surface area contributed by atoms with Crippen LogP contribution in [0.4, 0.5) is 5.69 Å². The minimum Gasteiger partial charge on any atom is -0.507 e. The zero-order chi connectivity index (χ0) is 12.8. The van der Waals surface area contributed by atoms with Crippen molar-refractivity contribution in [1.29, 1.82) is 0 Å². The molecule has 0 bridgehead atoms. The summed E-state index contributed by atoms with van der Waals surface area (Å²) < 4.78 is 4.63. The fourth-order valence-electron chi connectivity index (χ4n) is 1.21. The van der Waals surface area contributed by atoms with E-state index < -0.39 is 10.9 Å². The van der Waals surface area contributed by atoms with Crippen LogP contribution < -0.4 is 0 Å². The maximum Gasteiger partial charge on any atom is 0.330 e. The van der Waals surface area contributed by atoms with E-state index in [0.717, 1.165) is 12.2 Å². The maximum absolute atomic E-state index is 11.0. The number of phenols is 1. The average molecular weight is 237 g/mol. The molecule has 1 rings (SSSR count). The Morgan fingerprint density at radius 1 is 1.59 bits per heavy atom. The molecule has 1 aromatic rings. The Kier molecular flexibility index (Phi) is 4.21. The molecular weight excluding hydrogens is 226 g/mol. The molecule has 0 spiro atoms. The molecule has 0 atom stereocenters. The molecular formula is C11H11NO5. The Labute approximate surface area is 97.3 Å². The first-order valence-corrected chi connectivity index (χ1v) is 4.87. The van der Waals surface area contributed by atoms with Crippen LogP contribution in [-0.4, -0.2) is 22.6 Å². The number of hydrogen-bond donors (Lipinski definition) is 1. The third kappa shape index (κ3) is 3.30. The smallest absolute Gasteiger partial charge is 0.330 e. The van der Waals surface area contributed by atoms with Gasteiger partial charge < -0.3 is 9.84 Å². The van der Waals surface area contributed by atoms with Gasteiger partial charge in [-0.1, -0.05) is 6.07 Å². The summed E-state index contributed by atoms with van der Waals surface area (Å²) in [6.45, 7) is 1.86. The number of carbonyl (C=O) groups is 1. The molecule has 0 aromatic heterocycles. The van der Waals surface area contributed by atoms with Crippen LogP contribution in [0.3, 0.4) is 0 Å². The molecule has 1 N–H and O–H groups in total. The number of nitro benzene ring substituents is 1. The third-order valence-corrected chi connectivity index (χ3v) is 1.93. The third-order valence-electron chi connectivity index (χ3n) is 1.93. The molecule has 0 aliphatic carbocycles. The highest BCUT2D eigenvalue weighted by Gasteiger charge is 2.14. The number of rotatable bonds is 4. The number of hydrogen-bond acceptors (Lipinski definition) is 5. The number of ether oxygens (including phenoxy) is 1. The monoisotopic (exact) mass is 237 g/mol. The summed E-state index contributed by atoms with van der Waals surface area (Å²) in [6, 6.07) is 3.90. The first-order chi connectivity index (χ1) is 8.06. The Bertz CT molecular complexity index is 467. The predicted molar refractivity (Wildman–Crippen MR) is 60.4 cm³/mol. The van der Waals surface area contributed by atoms with Crippen LogP contribution in [0.2, 0.25) is 0 Å². The number of carbonyl (C=O) groups excluding carboxylic acids is 1. The van der Waals surface area contributed by atoms with E-state index >= 15 is 0 Å². The molecule has 90 valence electrons. The molecule has 0 aliphatic heterocycles. The SMILES string of the molecule is CCOC(=O)C=Cc1c(O)cccc1[N+](=O)[O-]. The highest BCUT2D eigenvalue weighted by atomic mass is 16.6. The van der Waals surface area contributed by atoms with Gasteiger partial charge in [0.05, 0.1) is 17.1 Å². The number of esters is 1. The molecule has 0 saturated carbocycles. The molecule has 0 amide bonds. The van der Waals surface area contributed by atoms with Crippen molar-refractivity contribution in [2.45, 2.75) is 6.92 Å². The van der Waals surface area contributed by atoms with Crippen molar-refractivity contribution in [2.75, 3.05) is 6.61 Å². The van der Waals surface area contributed by atoms with Crippen molar-refractivity contribution in [1.82, 2.24) is 0 Å². The first-order valence-electron chi connectivity index (χ1n) is 4.87. The van der Waals surface area contributed by atoms with Crippen molar-refractivity contribution < 1.29 is 19.6 Å². The Hall–Kier alpha value is -2.37. The van der Waals surface area contributed by atoms with E-state index in [4.69, 9.17) is 0 Å². The van der Waals surface area contributed by atoms with Gasteiger partial charge in [0, 0.05) is 12.1 Å². The summed E-state index contributed by atoms with van der Waals surface area (Å²) in [5, 5.41) is 20.2. The van der Waals surface area contributed by atoms with Gasteiger partial charge in [-0.3, -0.25) is 10.1 Å². The highest BCUT2D eigenvalue weighted by Crippen LogP contribution is 2.28. The van der Waals surface area contributed by atoms with Gasteiger partial charge in [0.15, 0.2) is 0 Å². The van der Waals surface area contributed by atoms with E-state index in [9.17, 15) is 20.0 Å². The average Bonchev–Trinajstić information content (AvgIpc) is 2.27. The Morgan fingerprint density at radius 2 is 2.29 bits per heavy atom. The molecule has 0 aliphatic rings. The fraction of sp³-hybridized carbons (Fsp3) is 0.182. The van der Waals surface area contributed by atoms with Crippen molar-refractivity contribution >= 4 is 17.7 Å². The second-order valence-electron chi connectivity index (χ2n) is 3.05. The van der Waals surface area contributed by atoms with Gasteiger partial charge in [0.2, 0.25) is 0 Å². The van der Waals surface area contributed by atoms with E-state index in [1.807, 2.05) is 0 Å². The number of benzene rings is 1. The van der Waals surface area contributed by atoms with Crippen molar-refractivity contribution in [3.05, 3.63) is 40.0 Å². The minimum atomic E-state index is -0.634. The summed E-state index contributed by atoms with van der Waals surface area (Å²) in [5.74, 6) is -0.884. The molecule has 0 unspecified atom stereocenters. The van der Waals surface area contributed by atoms with Crippen LogP contribution in [0.1, 0.15) is 12.5 Å². The summed E-state index contributed by atoms with van der Waals surface area (Å²) in [6.07, 6.45) is 2.19. The zero-order valence-corrected chi connectivity index (χ0v) is 9.12. The lowest BCUT2D eigenvalue weighted by Crippen LogP contribution is -1.99. The van der Waals surface area contributed by atoms with Gasteiger partial charge in [-0.25, -0.2) is 4.79 Å². The van der Waals surface area contributed by atoms with Crippen LogP contribution in [0, 0.1) is 10.1 Å². The lowest BCUT2D eigenvalue weighted by atomic mass is 10.1. The van der Waals surface area contributed by atoms with Crippen molar-refractivity contribution in [3.63, 3.8) is 0 Å². The van der Waals surface area contributed by atoms with Gasteiger partial charge in [0.1, 0.15) is 5.75 Å². The normalized spacial score (nSPS) is 10.4. The van der Waals surface area contributed by atoms with Crippen LogP contribution in [0.25, 0.3) is 6.08 Å². The number of nitrogens with zero attached hydrogens (tertiary/aromatic N) is 1. The first kappa shape index (κ1) is 12.7. The van der Waals surface area contributed by atoms with E-state index in [1.165, 1.54) is 18.2 Å². The summed E-state index contributed by atoms with van der Waals surface area (Å²) in [5.41, 5.74) is -0.295. The molecule has 0 saturated heterocycles. The second kappa shape index (κ2) is 5.64. The Balaban J connectivity index is 3.05. The van der Waals surface area contributed by atoms with Crippen LogP contribution in [-0.2, 0) is 9.53 Å². The molecule has 1 aromatic carbocycles. The maximum atomic E-state index is 11.0. The zero-order valence-electron chi connectivity index (χ0n) is 9.12. The van der Waals surface area contributed by atoms with E-state index in [1.54, 1.807) is 6.92 Å². The summed E-state index contributed by atoms with van der Waals surface area (Å²) in [7, 11) is 0. The largest absolute Gasteiger partial charge is 0.507 e. The van der Waals surface area contributed by atoms with Crippen LogP contribution >= 0.6 is 0 Å². The minimum absolute atomic E-state index is 0.0226. The summed E-state index contributed by atoms with van der Waals surface area (Å²) in [4.78, 5) is 21.1. The van der Waals surface area contributed by atoms with E-state index in [2.05, 4.69) is 4.74 Å². The predicted octanol–water partition coefficient (Wildman–Crippen LogP) is 1.88. The van der Waals surface area contributed by atoms with Crippen LogP contribution in [0.15, 0.2) is 24.3 Å². The standard InChI is InChI=1S/C11H11NO5/c1-2-17-11(14)7-6-8-9(12(15)16)4-3-5-10(8)13/h3-7,13H,2H2,1H3.